The molecule has 0 fully saturated rings. The molecular weight excluding hydrogens is 142 g/mol. The van der Waals surface area contributed by atoms with Crippen LogP contribution >= 0.6 is 0 Å². The maximum Gasteiger partial charge on any atom is 0.289 e. The highest BCUT2D eigenvalue weighted by Gasteiger charge is 1.96. The third-order valence-electron chi connectivity index (χ3n) is 0.521. The predicted octanol–water partition coefficient (Wildman–Crippen LogP) is -0.140. The van der Waals surface area contributed by atoms with Crippen molar-refractivity contribution in [3.63, 3.8) is 0 Å². The molecule has 3 N–H and O–H groups in total. The molecule has 52 valence electrons. The van der Waals surface area contributed by atoms with Gasteiger partial charge in [0.05, 0.1) is 5.41 Å². The van der Waals surface area contributed by atoms with Crippen LogP contribution in [0.5, 0.6) is 0 Å². The zero-order chi connectivity index (χ0) is 7.49. The molecule has 9 heavy (non-hydrogen) atoms. The van der Waals surface area contributed by atoms with Gasteiger partial charge in [0.25, 0.3) is 10.1 Å². The Morgan fingerprint density at radius 3 is 2.22 bits per heavy atom. The van der Waals surface area contributed by atoms with Crippen LogP contribution in [0.4, 0.5) is 0 Å². The molecule has 0 bridgehead atoms. The number of hydrogen-bond acceptors (Lipinski definition) is 3. The van der Waals surface area contributed by atoms with Gasteiger partial charge < -0.3 is 5.73 Å². The van der Waals surface area contributed by atoms with Gasteiger partial charge in [-0.1, -0.05) is 6.58 Å². The van der Waals surface area contributed by atoms with E-state index < -0.39 is 10.1 Å². The monoisotopic (exact) mass is 149 g/mol. The summed E-state index contributed by atoms with van der Waals surface area (Å²) in [5, 5.41) is 0.514. The Hall–Kier alpha value is -0.810. The van der Waals surface area contributed by atoms with Crippen LogP contribution in [0.15, 0.2) is 23.8 Å². The molecule has 0 amide bonds. The fourth-order valence-corrected chi connectivity index (χ4v) is 0.660. The van der Waals surface area contributed by atoms with Crippen molar-refractivity contribution in [2.45, 2.75) is 0 Å². The second kappa shape index (κ2) is 2.65. The lowest BCUT2D eigenvalue weighted by Crippen LogP contribution is -1.98. The van der Waals surface area contributed by atoms with Crippen molar-refractivity contribution in [1.29, 1.82) is 0 Å². The summed E-state index contributed by atoms with van der Waals surface area (Å²) in [5.74, 6) is 0. The largest absolute Gasteiger partial charge is 0.398 e. The topological polar surface area (TPSA) is 80.4 Å². The molecule has 0 aliphatic rings. The fraction of sp³-hybridized carbons (Fsp3) is 0. The van der Waals surface area contributed by atoms with Crippen LogP contribution in [0.3, 0.4) is 0 Å². The van der Waals surface area contributed by atoms with Crippen LogP contribution in [0, 0.1) is 0 Å². The normalized spacial score (nSPS) is 13.2. The minimum Gasteiger partial charge on any atom is -0.398 e. The van der Waals surface area contributed by atoms with E-state index in [1.54, 1.807) is 0 Å². The minimum absolute atomic E-state index is 0.0856. The Kier molecular flexibility index (Phi) is 2.41. The molecule has 0 aliphatic heterocycles. The Balaban J connectivity index is 4.51. The van der Waals surface area contributed by atoms with Crippen LogP contribution in [-0.2, 0) is 10.1 Å². The van der Waals surface area contributed by atoms with Crippen molar-refractivity contribution in [1.82, 2.24) is 0 Å². The maximum atomic E-state index is 9.95. The first-order valence-electron chi connectivity index (χ1n) is 2.03. The zero-order valence-corrected chi connectivity index (χ0v) is 5.43. The van der Waals surface area contributed by atoms with E-state index in [2.05, 4.69) is 6.58 Å². The average molecular weight is 149 g/mol. The van der Waals surface area contributed by atoms with E-state index in [0.717, 1.165) is 6.08 Å². The highest BCUT2D eigenvalue weighted by Crippen LogP contribution is 1.89. The first-order valence-corrected chi connectivity index (χ1v) is 3.53. The number of allylic oxidation sites excluding steroid dienone is 1. The molecule has 0 aromatic carbocycles. The van der Waals surface area contributed by atoms with Crippen LogP contribution in [0.1, 0.15) is 0 Å². The van der Waals surface area contributed by atoms with E-state index in [-0.39, 0.29) is 5.70 Å². The predicted molar refractivity (Wildman–Crippen MR) is 34.0 cm³/mol. The van der Waals surface area contributed by atoms with Crippen molar-refractivity contribution in [3.05, 3.63) is 23.8 Å². The van der Waals surface area contributed by atoms with Crippen molar-refractivity contribution in [2.75, 3.05) is 0 Å². The first-order chi connectivity index (χ1) is 3.95. The lowest BCUT2D eigenvalue weighted by Gasteiger charge is -1.86. The van der Waals surface area contributed by atoms with Gasteiger partial charge in [-0.15, -0.1) is 0 Å². The minimum atomic E-state index is -4.09. The fourth-order valence-electron chi connectivity index (χ4n) is 0.220. The molecule has 0 rings (SSSR count). The number of nitrogens with two attached hydrogens (primary N) is 1. The Morgan fingerprint density at radius 2 is 2.11 bits per heavy atom. The number of hydrogen-bond donors (Lipinski definition) is 2. The van der Waals surface area contributed by atoms with Gasteiger partial charge in [-0.25, -0.2) is 0 Å². The molecule has 0 atom stereocenters. The van der Waals surface area contributed by atoms with Crippen molar-refractivity contribution in [2.24, 2.45) is 5.73 Å². The van der Waals surface area contributed by atoms with E-state index in [4.69, 9.17) is 10.3 Å². The van der Waals surface area contributed by atoms with Gasteiger partial charge in [0.1, 0.15) is 0 Å². The molecule has 0 spiro atoms. The highest BCUT2D eigenvalue weighted by atomic mass is 32.2. The summed E-state index contributed by atoms with van der Waals surface area (Å²) in [5.41, 5.74) is 4.88. The lowest BCUT2D eigenvalue weighted by atomic mass is 10.5. The van der Waals surface area contributed by atoms with Gasteiger partial charge in [0, 0.05) is 5.70 Å². The van der Waals surface area contributed by atoms with Gasteiger partial charge in [-0.3, -0.25) is 4.55 Å². The Bertz CT molecular complexity index is 226. The van der Waals surface area contributed by atoms with Crippen LogP contribution in [0.25, 0.3) is 0 Å². The molecular formula is C4H7NO3S. The molecule has 0 radical (unpaired) electrons. The second-order valence-corrected chi connectivity index (χ2v) is 2.60. The van der Waals surface area contributed by atoms with Gasteiger partial charge in [-0.2, -0.15) is 8.42 Å². The van der Waals surface area contributed by atoms with Gasteiger partial charge in [-0.05, 0) is 6.08 Å². The molecule has 0 saturated carbocycles. The third kappa shape index (κ3) is 5.05. The number of rotatable bonds is 2. The van der Waals surface area contributed by atoms with Crippen LogP contribution < -0.4 is 5.73 Å². The van der Waals surface area contributed by atoms with Crippen molar-refractivity contribution >= 4 is 10.1 Å². The van der Waals surface area contributed by atoms with Crippen molar-refractivity contribution in [3.8, 4) is 0 Å². The average Bonchev–Trinajstić information content (AvgIpc) is 1.62. The molecule has 0 unspecified atom stereocenters. The summed E-state index contributed by atoms with van der Waals surface area (Å²) in [7, 11) is -4.09. The van der Waals surface area contributed by atoms with Crippen molar-refractivity contribution < 1.29 is 13.0 Å². The van der Waals surface area contributed by atoms with Gasteiger partial charge >= 0.3 is 0 Å². The summed E-state index contributed by atoms with van der Waals surface area (Å²) < 4.78 is 28.0. The summed E-state index contributed by atoms with van der Waals surface area (Å²) >= 11 is 0. The van der Waals surface area contributed by atoms with E-state index >= 15 is 0 Å². The molecule has 5 heteroatoms. The summed E-state index contributed by atoms with van der Waals surface area (Å²) in [4.78, 5) is 0. The van der Waals surface area contributed by atoms with Crippen LogP contribution in [-0.4, -0.2) is 13.0 Å². The molecule has 0 aliphatic carbocycles. The standard InChI is InChI=1S/C4H7NO3S/c1-2-4(5)3-9(6,7)8/h2-3H,1,5H2,(H,6,7,8). The quantitative estimate of drug-likeness (QED) is 0.423. The first kappa shape index (κ1) is 8.19. The second-order valence-electron chi connectivity index (χ2n) is 1.34. The Morgan fingerprint density at radius 1 is 1.67 bits per heavy atom. The van der Waals surface area contributed by atoms with E-state index in [1.165, 1.54) is 0 Å². The Labute approximate surface area is 53.4 Å². The molecule has 0 aromatic rings. The lowest BCUT2D eigenvalue weighted by molar-refractivity contribution is 0.494. The maximum absolute atomic E-state index is 9.95. The molecule has 0 aromatic heterocycles. The van der Waals surface area contributed by atoms with Gasteiger partial charge in [0.2, 0.25) is 0 Å². The van der Waals surface area contributed by atoms with E-state index in [1.807, 2.05) is 0 Å². The SMILES string of the molecule is C=CC(N)=CS(=O)(=O)O. The zero-order valence-electron chi connectivity index (χ0n) is 4.61. The highest BCUT2D eigenvalue weighted by molar-refractivity contribution is 7.88. The van der Waals surface area contributed by atoms with E-state index in [0.29, 0.717) is 5.41 Å². The summed E-state index contributed by atoms with van der Waals surface area (Å²) in [6.07, 6.45) is 1.12. The van der Waals surface area contributed by atoms with E-state index in [9.17, 15) is 8.42 Å². The van der Waals surface area contributed by atoms with Crippen LogP contribution in [0.2, 0.25) is 0 Å². The van der Waals surface area contributed by atoms with Gasteiger partial charge in [0.15, 0.2) is 0 Å². The molecule has 0 heterocycles. The smallest absolute Gasteiger partial charge is 0.289 e. The summed E-state index contributed by atoms with van der Waals surface area (Å²) in [6, 6.07) is 0. The molecule has 4 nitrogen and oxygen atoms in total. The third-order valence-corrected chi connectivity index (χ3v) is 1.09. The molecule has 0 saturated heterocycles. The summed E-state index contributed by atoms with van der Waals surface area (Å²) in [6.45, 7) is 3.18.